The molecule has 1 N–H and O–H groups in total. The van der Waals surface area contributed by atoms with Crippen LogP contribution >= 0.6 is 0 Å². The molecule has 1 heterocycles. The Morgan fingerprint density at radius 2 is 1.89 bits per heavy atom. The Kier molecular flexibility index (Phi) is 5.91. The number of aromatic nitrogens is 2. The number of aryl methyl sites for hydroxylation is 1. The van der Waals surface area contributed by atoms with Gasteiger partial charge in [0.1, 0.15) is 5.82 Å². The third kappa shape index (κ3) is 4.47. The number of carbonyl (C=O) groups excluding carboxylic acids is 1. The van der Waals surface area contributed by atoms with Crippen molar-refractivity contribution < 1.29 is 17.9 Å². The minimum absolute atomic E-state index is 0.106. The number of sulfonamides is 1. The summed E-state index contributed by atoms with van der Waals surface area (Å²) in [4.78, 5) is 16.1. The Labute approximate surface area is 164 Å². The maximum Gasteiger partial charge on any atom is 0.338 e. The van der Waals surface area contributed by atoms with Crippen LogP contribution in [-0.2, 0) is 28.4 Å². The van der Waals surface area contributed by atoms with Crippen molar-refractivity contribution in [1.29, 1.82) is 0 Å². The molecule has 1 aromatic heterocycles. The standard InChI is InChI=1S/C20H21N3O4S/c1-3-27-20(24)17-6-4-5-16(13-17)15-7-9-18(10-8-15)28(25,26)22-14-19-21-11-12-23(19)2/h4-13,22H,3,14H2,1-2H3. The van der Waals surface area contributed by atoms with E-state index in [4.69, 9.17) is 4.74 Å². The van der Waals surface area contributed by atoms with Gasteiger partial charge in [0.2, 0.25) is 10.0 Å². The highest BCUT2D eigenvalue weighted by Crippen LogP contribution is 2.23. The third-order valence-corrected chi connectivity index (χ3v) is 5.63. The smallest absolute Gasteiger partial charge is 0.338 e. The molecule has 28 heavy (non-hydrogen) atoms. The summed E-state index contributed by atoms with van der Waals surface area (Å²) in [6.45, 7) is 2.17. The van der Waals surface area contributed by atoms with Gasteiger partial charge in [0, 0.05) is 19.4 Å². The normalized spacial score (nSPS) is 11.4. The molecule has 3 aromatic rings. The monoisotopic (exact) mass is 399 g/mol. The van der Waals surface area contributed by atoms with E-state index in [2.05, 4.69) is 9.71 Å². The van der Waals surface area contributed by atoms with Crippen LogP contribution in [0.3, 0.4) is 0 Å². The van der Waals surface area contributed by atoms with Gasteiger partial charge in [-0.2, -0.15) is 0 Å². The van der Waals surface area contributed by atoms with E-state index in [1.54, 1.807) is 61.3 Å². The first-order chi connectivity index (χ1) is 13.4. The van der Waals surface area contributed by atoms with E-state index in [-0.39, 0.29) is 17.4 Å². The molecular weight excluding hydrogens is 378 g/mol. The van der Waals surface area contributed by atoms with Crippen molar-refractivity contribution in [1.82, 2.24) is 14.3 Å². The van der Waals surface area contributed by atoms with Gasteiger partial charge >= 0.3 is 5.97 Å². The van der Waals surface area contributed by atoms with Crippen molar-refractivity contribution >= 4 is 16.0 Å². The molecule has 0 amide bonds. The molecule has 2 aromatic carbocycles. The number of benzene rings is 2. The molecule has 0 saturated heterocycles. The number of esters is 1. The maximum atomic E-state index is 12.5. The molecule has 0 spiro atoms. The molecule has 0 aliphatic carbocycles. The fraction of sp³-hybridized carbons (Fsp3) is 0.200. The van der Waals surface area contributed by atoms with Gasteiger partial charge in [0.15, 0.2) is 0 Å². The predicted molar refractivity (Wildman–Crippen MR) is 105 cm³/mol. The highest BCUT2D eigenvalue weighted by Gasteiger charge is 2.15. The molecule has 3 rings (SSSR count). The van der Waals surface area contributed by atoms with Crippen LogP contribution in [0.5, 0.6) is 0 Å². The zero-order chi connectivity index (χ0) is 20.1. The first kappa shape index (κ1) is 19.8. The number of nitrogens with zero attached hydrogens (tertiary/aromatic N) is 2. The largest absolute Gasteiger partial charge is 0.462 e. The van der Waals surface area contributed by atoms with Gasteiger partial charge < -0.3 is 9.30 Å². The second-order valence-corrected chi connectivity index (χ2v) is 7.87. The summed E-state index contributed by atoms with van der Waals surface area (Å²) in [5.74, 6) is 0.234. The second-order valence-electron chi connectivity index (χ2n) is 6.10. The number of imidazole rings is 1. The fourth-order valence-corrected chi connectivity index (χ4v) is 3.66. The number of ether oxygens (including phenoxy) is 1. The average Bonchev–Trinajstić information content (AvgIpc) is 3.12. The zero-order valence-electron chi connectivity index (χ0n) is 15.6. The summed E-state index contributed by atoms with van der Waals surface area (Å²) in [5.41, 5.74) is 2.05. The summed E-state index contributed by atoms with van der Waals surface area (Å²) < 4.78 is 34.3. The Morgan fingerprint density at radius 1 is 1.14 bits per heavy atom. The Morgan fingerprint density at radius 3 is 2.54 bits per heavy atom. The van der Waals surface area contributed by atoms with Crippen molar-refractivity contribution in [3.05, 3.63) is 72.3 Å². The number of hydrogen-bond acceptors (Lipinski definition) is 5. The lowest BCUT2D eigenvalue weighted by Gasteiger charge is -2.09. The minimum Gasteiger partial charge on any atom is -0.462 e. The fourth-order valence-electron chi connectivity index (χ4n) is 2.68. The molecule has 0 aliphatic heterocycles. The topological polar surface area (TPSA) is 90.3 Å². The lowest BCUT2D eigenvalue weighted by atomic mass is 10.0. The predicted octanol–water partition coefficient (Wildman–Crippen LogP) is 2.74. The van der Waals surface area contributed by atoms with Gasteiger partial charge in [-0.1, -0.05) is 24.3 Å². The highest BCUT2D eigenvalue weighted by molar-refractivity contribution is 7.89. The van der Waals surface area contributed by atoms with E-state index in [0.717, 1.165) is 11.1 Å². The van der Waals surface area contributed by atoms with E-state index in [1.165, 1.54) is 12.1 Å². The molecule has 146 valence electrons. The Hall–Kier alpha value is -2.97. The van der Waals surface area contributed by atoms with Gasteiger partial charge in [-0.3, -0.25) is 0 Å². The van der Waals surface area contributed by atoms with Crippen molar-refractivity contribution in [2.75, 3.05) is 6.61 Å². The third-order valence-electron chi connectivity index (χ3n) is 4.21. The first-order valence-corrected chi connectivity index (χ1v) is 10.2. The maximum absolute atomic E-state index is 12.5. The van der Waals surface area contributed by atoms with Crippen LogP contribution in [0.4, 0.5) is 0 Å². The summed E-state index contributed by atoms with van der Waals surface area (Å²) >= 11 is 0. The summed E-state index contributed by atoms with van der Waals surface area (Å²) in [7, 11) is -1.86. The van der Waals surface area contributed by atoms with Crippen LogP contribution in [0.1, 0.15) is 23.1 Å². The lowest BCUT2D eigenvalue weighted by molar-refractivity contribution is 0.0526. The molecule has 0 fully saturated rings. The van der Waals surface area contributed by atoms with Crippen molar-refractivity contribution in [2.45, 2.75) is 18.4 Å². The molecule has 0 aliphatic rings. The van der Waals surface area contributed by atoms with Gasteiger partial charge in [-0.15, -0.1) is 0 Å². The van der Waals surface area contributed by atoms with E-state index >= 15 is 0 Å². The van der Waals surface area contributed by atoms with Crippen LogP contribution in [0.25, 0.3) is 11.1 Å². The molecule has 7 nitrogen and oxygen atoms in total. The Bertz CT molecular complexity index is 1070. The molecule has 0 unspecified atom stereocenters. The van der Waals surface area contributed by atoms with E-state index in [1.807, 2.05) is 6.07 Å². The molecular formula is C20H21N3O4S. The molecule has 0 atom stereocenters. The van der Waals surface area contributed by atoms with Gasteiger partial charge in [0.25, 0.3) is 0 Å². The number of carbonyl (C=O) groups is 1. The molecule has 8 heteroatoms. The number of hydrogen-bond donors (Lipinski definition) is 1. The highest BCUT2D eigenvalue weighted by atomic mass is 32.2. The summed E-state index contributed by atoms with van der Waals surface area (Å²) in [5, 5.41) is 0. The first-order valence-electron chi connectivity index (χ1n) is 8.74. The minimum atomic E-state index is -3.66. The quantitative estimate of drug-likeness (QED) is 0.617. The van der Waals surface area contributed by atoms with Crippen LogP contribution in [0.2, 0.25) is 0 Å². The second kappa shape index (κ2) is 8.37. The number of rotatable bonds is 7. The van der Waals surface area contributed by atoms with Crippen molar-refractivity contribution in [2.24, 2.45) is 7.05 Å². The van der Waals surface area contributed by atoms with Crippen LogP contribution < -0.4 is 4.72 Å². The average molecular weight is 399 g/mol. The summed E-state index contributed by atoms with van der Waals surface area (Å²) in [6, 6.07) is 13.5. The molecule has 0 bridgehead atoms. The van der Waals surface area contributed by atoms with Crippen molar-refractivity contribution in [3.63, 3.8) is 0 Å². The zero-order valence-corrected chi connectivity index (χ0v) is 16.4. The van der Waals surface area contributed by atoms with E-state index < -0.39 is 10.0 Å². The Balaban J connectivity index is 1.77. The van der Waals surface area contributed by atoms with Gasteiger partial charge in [-0.05, 0) is 42.3 Å². The molecule has 0 saturated carbocycles. The van der Waals surface area contributed by atoms with Crippen LogP contribution in [0.15, 0.2) is 65.8 Å². The van der Waals surface area contributed by atoms with Gasteiger partial charge in [-0.25, -0.2) is 22.9 Å². The van der Waals surface area contributed by atoms with Crippen molar-refractivity contribution in [3.8, 4) is 11.1 Å². The number of nitrogens with one attached hydrogen (secondary N) is 1. The SMILES string of the molecule is CCOC(=O)c1cccc(-c2ccc(S(=O)(=O)NCc3nccn3C)cc2)c1. The van der Waals surface area contributed by atoms with Crippen LogP contribution in [-0.4, -0.2) is 30.5 Å². The van der Waals surface area contributed by atoms with E-state index in [9.17, 15) is 13.2 Å². The van der Waals surface area contributed by atoms with E-state index in [0.29, 0.717) is 18.0 Å². The summed E-state index contributed by atoms with van der Waals surface area (Å²) in [6.07, 6.45) is 3.37. The lowest BCUT2D eigenvalue weighted by Crippen LogP contribution is -2.24. The van der Waals surface area contributed by atoms with Crippen LogP contribution in [0, 0.1) is 0 Å². The molecule has 0 radical (unpaired) electrons. The van der Waals surface area contributed by atoms with Gasteiger partial charge in [0.05, 0.1) is 23.6 Å².